The first-order valence-electron chi connectivity index (χ1n) is 8.24. The number of carbonyl (C=O) groups is 3. The summed E-state index contributed by atoms with van der Waals surface area (Å²) in [5, 5.41) is 2.67. The van der Waals surface area contributed by atoms with Gasteiger partial charge in [0.2, 0.25) is 11.8 Å². The summed E-state index contributed by atoms with van der Waals surface area (Å²) in [6.45, 7) is 4.55. The Hall–Kier alpha value is -2.37. The lowest BCUT2D eigenvalue weighted by Crippen LogP contribution is -2.39. The number of hydrogen-bond acceptors (Lipinski definition) is 4. The number of rotatable bonds is 10. The molecule has 132 valence electrons. The van der Waals surface area contributed by atoms with E-state index in [1.807, 2.05) is 30.3 Å². The van der Waals surface area contributed by atoms with Gasteiger partial charge in [0.25, 0.3) is 0 Å². The van der Waals surface area contributed by atoms with E-state index in [1.54, 1.807) is 11.8 Å². The highest BCUT2D eigenvalue weighted by atomic mass is 16.5. The minimum absolute atomic E-state index is 0.0338. The number of ether oxygens (including phenoxy) is 1. The summed E-state index contributed by atoms with van der Waals surface area (Å²) < 4.78 is 4.90. The highest BCUT2D eigenvalue weighted by Crippen LogP contribution is 2.05. The normalized spacial score (nSPS) is 10.1. The Labute approximate surface area is 143 Å². The lowest BCUT2D eigenvalue weighted by atomic mass is 10.1. The molecule has 1 aromatic rings. The molecule has 0 fully saturated rings. The number of benzene rings is 1. The van der Waals surface area contributed by atoms with Gasteiger partial charge in [-0.15, -0.1) is 0 Å². The van der Waals surface area contributed by atoms with Crippen LogP contribution in [-0.4, -0.2) is 48.9 Å². The third-order valence-electron chi connectivity index (χ3n) is 3.47. The molecule has 24 heavy (non-hydrogen) atoms. The molecular formula is C18H26N2O4. The molecule has 0 bridgehead atoms. The molecule has 0 aliphatic carbocycles. The molecule has 1 aromatic carbocycles. The molecule has 1 rings (SSSR count). The molecule has 0 aliphatic rings. The second kappa shape index (κ2) is 11.2. The van der Waals surface area contributed by atoms with Crippen molar-refractivity contribution in [1.82, 2.24) is 10.2 Å². The number of carbonyl (C=O) groups excluding carboxylic acids is 3. The quantitative estimate of drug-likeness (QED) is 0.659. The van der Waals surface area contributed by atoms with E-state index in [0.29, 0.717) is 39.1 Å². The Morgan fingerprint density at radius 3 is 2.42 bits per heavy atom. The standard InChI is InChI=1S/C18H26N2O4/c1-3-24-18(23)11-13-20(14-12-19-15(2)21)17(22)10-9-16-7-5-4-6-8-16/h4-8H,3,9-14H2,1-2H3,(H,19,21). The van der Waals surface area contributed by atoms with Crippen LogP contribution in [0.25, 0.3) is 0 Å². The van der Waals surface area contributed by atoms with E-state index in [4.69, 9.17) is 4.74 Å². The van der Waals surface area contributed by atoms with Gasteiger partial charge in [-0.3, -0.25) is 14.4 Å². The lowest BCUT2D eigenvalue weighted by Gasteiger charge is -2.22. The Kier molecular flexibility index (Phi) is 9.19. The van der Waals surface area contributed by atoms with Crippen molar-refractivity contribution in [1.29, 1.82) is 0 Å². The summed E-state index contributed by atoms with van der Waals surface area (Å²) in [4.78, 5) is 36.5. The average Bonchev–Trinajstić information content (AvgIpc) is 2.56. The molecule has 0 aliphatic heterocycles. The van der Waals surface area contributed by atoms with E-state index in [-0.39, 0.29) is 24.2 Å². The van der Waals surface area contributed by atoms with E-state index in [9.17, 15) is 14.4 Å². The first kappa shape index (κ1) is 19.7. The SMILES string of the molecule is CCOC(=O)CCN(CCNC(C)=O)C(=O)CCc1ccccc1. The number of aryl methyl sites for hydroxylation is 1. The van der Waals surface area contributed by atoms with Gasteiger partial charge in [0.05, 0.1) is 13.0 Å². The fourth-order valence-corrected chi connectivity index (χ4v) is 2.24. The number of hydrogen-bond donors (Lipinski definition) is 1. The molecule has 1 N–H and O–H groups in total. The minimum Gasteiger partial charge on any atom is -0.466 e. The van der Waals surface area contributed by atoms with Crippen LogP contribution in [0.15, 0.2) is 30.3 Å². The molecule has 0 aromatic heterocycles. The van der Waals surface area contributed by atoms with Crippen molar-refractivity contribution in [2.24, 2.45) is 0 Å². The van der Waals surface area contributed by atoms with Gasteiger partial charge in [0.15, 0.2) is 0 Å². The van der Waals surface area contributed by atoms with Crippen molar-refractivity contribution >= 4 is 17.8 Å². The highest BCUT2D eigenvalue weighted by Gasteiger charge is 2.15. The number of nitrogens with one attached hydrogen (secondary N) is 1. The van der Waals surface area contributed by atoms with Crippen LogP contribution >= 0.6 is 0 Å². The zero-order chi connectivity index (χ0) is 17.8. The van der Waals surface area contributed by atoms with Crippen LogP contribution < -0.4 is 5.32 Å². The van der Waals surface area contributed by atoms with Crippen molar-refractivity contribution < 1.29 is 19.1 Å². The van der Waals surface area contributed by atoms with Crippen LogP contribution in [-0.2, 0) is 25.5 Å². The molecule has 0 saturated heterocycles. The monoisotopic (exact) mass is 334 g/mol. The second-order valence-electron chi connectivity index (χ2n) is 5.40. The van der Waals surface area contributed by atoms with E-state index in [1.165, 1.54) is 6.92 Å². The van der Waals surface area contributed by atoms with Crippen LogP contribution in [0.5, 0.6) is 0 Å². The summed E-state index contributed by atoms with van der Waals surface area (Å²) in [7, 11) is 0. The molecule has 2 amide bonds. The predicted octanol–water partition coefficient (Wildman–Crippen LogP) is 1.54. The Bertz CT molecular complexity index is 531. The smallest absolute Gasteiger partial charge is 0.307 e. The molecular weight excluding hydrogens is 308 g/mol. The zero-order valence-electron chi connectivity index (χ0n) is 14.4. The van der Waals surface area contributed by atoms with Gasteiger partial charge in [-0.05, 0) is 18.9 Å². The molecule has 0 spiro atoms. The molecule has 0 radical (unpaired) electrons. The van der Waals surface area contributed by atoms with Crippen molar-refractivity contribution in [3.8, 4) is 0 Å². The van der Waals surface area contributed by atoms with Crippen molar-refractivity contribution in [3.63, 3.8) is 0 Å². The molecule has 0 saturated carbocycles. The van der Waals surface area contributed by atoms with Gasteiger partial charge in [-0.25, -0.2) is 0 Å². The first-order chi connectivity index (χ1) is 11.5. The molecule has 0 unspecified atom stereocenters. The number of amides is 2. The Morgan fingerprint density at radius 2 is 1.79 bits per heavy atom. The van der Waals surface area contributed by atoms with Gasteiger partial charge >= 0.3 is 5.97 Å². The number of nitrogens with zero attached hydrogens (tertiary/aromatic N) is 1. The highest BCUT2D eigenvalue weighted by molar-refractivity contribution is 5.78. The minimum atomic E-state index is -0.321. The summed E-state index contributed by atoms with van der Waals surface area (Å²) in [6, 6.07) is 9.77. The Morgan fingerprint density at radius 1 is 1.08 bits per heavy atom. The summed E-state index contributed by atoms with van der Waals surface area (Å²) in [5.41, 5.74) is 1.10. The van der Waals surface area contributed by atoms with E-state index in [2.05, 4.69) is 5.32 Å². The first-order valence-corrected chi connectivity index (χ1v) is 8.24. The Balaban J connectivity index is 2.52. The van der Waals surface area contributed by atoms with E-state index in [0.717, 1.165) is 5.56 Å². The maximum atomic E-state index is 12.4. The van der Waals surface area contributed by atoms with Gasteiger partial charge in [0.1, 0.15) is 0 Å². The largest absolute Gasteiger partial charge is 0.466 e. The van der Waals surface area contributed by atoms with Crippen LogP contribution in [0.3, 0.4) is 0 Å². The van der Waals surface area contributed by atoms with Gasteiger partial charge in [0, 0.05) is 33.0 Å². The predicted molar refractivity (Wildman–Crippen MR) is 91.3 cm³/mol. The summed E-state index contributed by atoms with van der Waals surface area (Å²) in [6.07, 6.45) is 1.17. The van der Waals surface area contributed by atoms with Crippen molar-refractivity contribution in [2.45, 2.75) is 33.1 Å². The third kappa shape index (κ3) is 8.31. The average molecular weight is 334 g/mol. The maximum Gasteiger partial charge on any atom is 0.307 e. The third-order valence-corrected chi connectivity index (χ3v) is 3.47. The van der Waals surface area contributed by atoms with Gasteiger partial charge in [-0.1, -0.05) is 30.3 Å². The molecule has 0 atom stereocenters. The molecule has 6 heteroatoms. The fourth-order valence-electron chi connectivity index (χ4n) is 2.24. The van der Waals surface area contributed by atoms with Crippen LogP contribution in [0, 0.1) is 0 Å². The van der Waals surface area contributed by atoms with Crippen LogP contribution in [0.2, 0.25) is 0 Å². The molecule has 6 nitrogen and oxygen atoms in total. The fraction of sp³-hybridized carbons (Fsp3) is 0.500. The summed E-state index contributed by atoms with van der Waals surface area (Å²) in [5.74, 6) is -0.497. The van der Waals surface area contributed by atoms with Crippen LogP contribution in [0.4, 0.5) is 0 Å². The molecule has 0 heterocycles. The van der Waals surface area contributed by atoms with Crippen LogP contribution in [0.1, 0.15) is 32.3 Å². The van der Waals surface area contributed by atoms with Crippen molar-refractivity contribution in [3.05, 3.63) is 35.9 Å². The van der Waals surface area contributed by atoms with E-state index < -0.39 is 0 Å². The number of esters is 1. The van der Waals surface area contributed by atoms with E-state index >= 15 is 0 Å². The maximum absolute atomic E-state index is 12.4. The zero-order valence-corrected chi connectivity index (χ0v) is 14.4. The van der Waals surface area contributed by atoms with Gasteiger partial charge < -0.3 is 15.0 Å². The van der Waals surface area contributed by atoms with Gasteiger partial charge in [-0.2, -0.15) is 0 Å². The lowest BCUT2D eigenvalue weighted by molar-refractivity contribution is -0.144. The summed E-state index contributed by atoms with van der Waals surface area (Å²) >= 11 is 0. The second-order valence-corrected chi connectivity index (χ2v) is 5.40. The topological polar surface area (TPSA) is 75.7 Å². The van der Waals surface area contributed by atoms with Crippen molar-refractivity contribution in [2.75, 3.05) is 26.2 Å².